The van der Waals surface area contributed by atoms with E-state index in [1.807, 2.05) is 0 Å². The van der Waals surface area contributed by atoms with Crippen LogP contribution in [-0.2, 0) is 24.0 Å². The van der Waals surface area contributed by atoms with Gasteiger partial charge in [-0.25, -0.2) is 4.79 Å². The van der Waals surface area contributed by atoms with E-state index in [-0.39, 0.29) is 25.7 Å². The van der Waals surface area contributed by atoms with Gasteiger partial charge in [-0.1, -0.05) is 0 Å². The van der Waals surface area contributed by atoms with Crippen LogP contribution in [0.1, 0.15) is 32.6 Å². The molecule has 156 valence electrons. The van der Waals surface area contributed by atoms with Crippen LogP contribution in [0.5, 0.6) is 0 Å². The number of amides is 1. The van der Waals surface area contributed by atoms with Crippen LogP contribution in [0.15, 0.2) is 0 Å². The molecule has 0 spiro atoms. The zero-order valence-corrected chi connectivity index (χ0v) is 14.6. The highest BCUT2D eigenvalue weighted by atomic mass is 16.4. The summed E-state index contributed by atoms with van der Waals surface area (Å²) in [6.07, 6.45) is -1.79. The number of aliphatic carboxylic acids is 4. The number of hydrogen-bond donors (Lipinski definition) is 8. The topological polar surface area (TPSA) is 251 Å². The number of nitrogens with one attached hydrogen (secondary N) is 1. The summed E-state index contributed by atoms with van der Waals surface area (Å²) in [5.41, 5.74) is 10.2. The van der Waals surface area contributed by atoms with Crippen LogP contribution >= 0.6 is 0 Å². The number of carbonyl (C=O) groups excluding carboxylic acids is 1. The Morgan fingerprint density at radius 2 is 1.22 bits per heavy atom. The van der Waals surface area contributed by atoms with Crippen LogP contribution in [0.2, 0.25) is 0 Å². The molecule has 0 fully saturated rings. The summed E-state index contributed by atoms with van der Waals surface area (Å²) in [5, 5.41) is 44.6. The van der Waals surface area contributed by atoms with Crippen molar-refractivity contribution in [1.29, 1.82) is 0 Å². The fourth-order valence-electron chi connectivity index (χ4n) is 1.45. The second kappa shape index (κ2) is 13.4. The van der Waals surface area contributed by atoms with Gasteiger partial charge in [0.1, 0.15) is 12.1 Å². The van der Waals surface area contributed by atoms with E-state index < -0.39 is 54.0 Å². The Bertz CT molecular complexity index is 537. The minimum Gasteiger partial charge on any atom is -0.481 e. The summed E-state index contributed by atoms with van der Waals surface area (Å²) < 4.78 is 0. The molecule has 0 heterocycles. The highest BCUT2D eigenvalue weighted by molar-refractivity contribution is 5.84. The van der Waals surface area contributed by atoms with Crippen molar-refractivity contribution >= 4 is 29.8 Å². The van der Waals surface area contributed by atoms with Crippen molar-refractivity contribution in [2.24, 2.45) is 11.5 Å². The molecule has 0 radical (unpaired) electrons. The fourth-order valence-corrected chi connectivity index (χ4v) is 1.45. The van der Waals surface area contributed by atoms with E-state index in [4.69, 9.17) is 37.0 Å². The van der Waals surface area contributed by atoms with Crippen molar-refractivity contribution in [3.63, 3.8) is 0 Å². The van der Waals surface area contributed by atoms with Crippen molar-refractivity contribution < 1.29 is 49.5 Å². The number of hydrogen-bond acceptors (Lipinski definition) is 8. The van der Waals surface area contributed by atoms with E-state index in [1.54, 1.807) is 0 Å². The lowest BCUT2D eigenvalue weighted by Gasteiger charge is -2.17. The van der Waals surface area contributed by atoms with Crippen LogP contribution in [0, 0.1) is 0 Å². The van der Waals surface area contributed by atoms with Gasteiger partial charge in [0, 0.05) is 12.8 Å². The minimum absolute atomic E-state index is 0.0231. The normalized spacial score (nSPS) is 14.5. The highest BCUT2D eigenvalue weighted by Gasteiger charge is 2.25. The van der Waals surface area contributed by atoms with E-state index in [0.717, 1.165) is 0 Å². The molecule has 0 rings (SSSR count). The summed E-state index contributed by atoms with van der Waals surface area (Å²) in [6.45, 7) is 1.22. The quantitative estimate of drug-likeness (QED) is 0.179. The molecular weight excluding hydrogens is 370 g/mol. The van der Waals surface area contributed by atoms with Gasteiger partial charge in [-0.05, 0) is 19.8 Å². The summed E-state index contributed by atoms with van der Waals surface area (Å²) in [7, 11) is 0. The van der Waals surface area contributed by atoms with Gasteiger partial charge in [0.05, 0.1) is 6.10 Å². The second-order valence-electron chi connectivity index (χ2n) is 5.48. The predicted octanol–water partition coefficient (Wildman–Crippen LogP) is -2.61. The first-order chi connectivity index (χ1) is 12.3. The van der Waals surface area contributed by atoms with E-state index >= 15 is 0 Å². The molecule has 0 aromatic rings. The molecule has 4 atom stereocenters. The molecule has 0 aliphatic carbocycles. The van der Waals surface area contributed by atoms with Gasteiger partial charge in [-0.2, -0.15) is 0 Å². The lowest BCUT2D eigenvalue weighted by atomic mass is 10.1. The zero-order chi connectivity index (χ0) is 21.7. The predicted molar refractivity (Wildman–Crippen MR) is 88.6 cm³/mol. The number of aliphatic hydroxyl groups is 1. The molecule has 0 aliphatic rings. The van der Waals surface area contributed by atoms with Gasteiger partial charge in [0.15, 0.2) is 6.04 Å². The monoisotopic (exact) mass is 395 g/mol. The molecule has 13 nitrogen and oxygen atoms in total. The molecule has 13 heteroatoms. The molecule has 0 saturated carbocycles. The maximum atomic E-state index is 11.3. The van der Waals surface area contributed by atoms with Gasteiger partial charge in [-0.3, -0.25) is 19.2 Å². The Morgan fingerprint density at radius 1 is 0.815 bits per heavy atom. The molecule has 0 aromatic carbocycles. The molecule has 10 N–H and O–H groups in total. The summed E-state index contributed by atoms with van der Waals surface area (Å²) in [5.74, 6) is -5.47. The van der Waals surface area contributed by atoms with Crippen LogP contribution in [0.3, 0.4) is 0 Å². The van der Waals surface area contributed by atoms with E-state index in [0.29, 0.717) is 0 Å². The largest absolute Gasteiger partial charge is 0.481 e. The van der Waals surface area contributed by atoms with E-state index in [1.165, 1.54) is 6.92 Å². The van der Waals surface area contributed by atoms with Crippen LogP contribution in [0.4, 0.5) is 0 Å². The molecule has 27 heavy (non-hydrogen) atoms. The summed E-state index contributed by atoms with van der Waals surface area (Å²) >= 11 is 0. The Kier molecular flexibility index (Phi) is 13.2. The first kappa shape index (κ1) is 26.5. The molecule has 0 bridgehead atoms. The molecule has 0 aromatic heterocycles. The average molecular weight is 395 g/mol. The molecule has 0 unspecified atom stereocenters. The van der Waals surface area contributed by atoms with Crippen molar-refractivity contribution in [2.45, 2.75) is 56.8 Å². The summed E-state index contributed by atoms with van der Waals surface area (Å²) in [6, 6.07) is -3.64. The Balaban J connectivity index is 0. The third-order valence-electron chi connectivity index (χ3n) is 3.05. The lowest BCUT2D eigenvalue weighted by Crippen LogP contribution is -2.48. The van der Waals surface area contributed by atoms with Crippen molar-refractivity contribution in [1.82, 2.24) is 5.32 Å². The van der Waals surface area contributed by atoms with Gasteiger partial charge >= 0.3 is 23.9 Å². The highest BCUT2D eigenvalue weighted by Crippen LogP contribution is 1.98. The number of carboxylic acid groups (broad SMARTS) is 4. The van der Waals surface area contributed by atoms with E-state index in [2.05, 4.69) is 5.32 Å². The Hall–Kier alpha value is -2.77. The Morgan fingerprint density at radius 3 is 1.52 bits per heavy atom. The van der Waals surface area contributed by atoms with Crippen LogP contribution in [-0.4, -0.2) is 79.5 Å². The molecule has 0 saturated heterocycles. The van der Waals surface area contributed by atoms with Gasteiger partial charge in [-0.15, -0.1) is 0 Å². The SMILES string of the molecule is C[C@@H](O)[C@H](NC(=O)CC[C@H](N)C(=O)O)C(=O)O.N[C@@H](CCC(=O)O)C(=O)O. The van der Waals surface area contributed by atoms with Crippen LogP contribution in [0.25, 0.3) is 0 Å². The lowest BCUT2D eigenvalue weighted by molar-refractivity contribution is -0.145. The van der Waals surface area contributed by atoms with Gasteiger partial charge < -0.3 is 42.3 Å². The third kappa shape index (κ3) is 14.1. The van der Waals surface area contributed by atoms with Crippen LogP contribution < -0.4 is 16.8 Å². The first-order valence-electron chi connectivity index (χ1n) is 7.68. The Labute approximate surface area is 153 Å². The molecular formula is C14H25N3O10. The number of carboxylic acids is 4. The average Bonchev–Trinajstić information content (AvgIpc) is 2.54. The van der Waals surface area contributed by atoms with Crippen molar-refractivity contribution in [3.05, 3.63) is 0 Å². The maximum absolute atomic E-state index is 11.3. The number of nitrogens with two attached hydrogens (primary N) is 2. The molecule has 0 aliphatic heterocycles. The van der Waals surface area contributed by atoms with Gasteiger partial charge in [0.2, 0.25) is 5.91 Å². The number of carbonyl (C=O) groups is 5. The number of rotatable bonds is 11. The zero-order valence-electron chi connectivity index (χ0n) is 14.6. The van der Waals surface area contributed by atoms with Crippen molar-refractivity contribution in [2.75, 3.05) is 0 Å². The van der Waals surface area contributed by atoms with Crippen molar-refractivity contribution in [3.8, 4) is 0 Å². The minimum atomic E-state index is -1.41. The fraction of sp³-hybridized carbons (Fsp3) is 0.643. The second-order valence-corrected chi connectivity index (χ2v) is 5.48. The summed E-state index contributed by atoms with van der Waals surface area (Å²) in [4.78, 5) is 52.1. The van der Waals surface area contributed by atoms with E-state index in [9.17, 15) is 24.0 Å². The number of aliphatic hydroxyl groups excluding tert-OH is 1. The smallest absolute Gasteiger partial charge is 0.328 e. The van der Waals surface area contributed by atoms with Gasteiger partial charge in [0.25, 0.3) is 0 Å². The maximum Gasteiger partial charge on any atom is 0.328 e. The standard InChI is InChI=1S/C9H16N2O6.C5H9NO4/c1-4(12)7(9(16)17)11-6(13)3-2-5(10)8(14)15;6-3(5(9)10)1-2-4(7)8/h4-5,7,12H,2-3,10H2,1H3,(H,11,13)(H,14,15)(H,16,17);3H,1-2,6H2,(H,7,8)(H,9,10)/t4-,5+,7+;3-/m10/s1. The first-order valence-corrected chi connectivity index (χ1v) is 7.68. The third-order valence-corrected chi connectivity index (χ3v) is 3.05. The molecule has 1 amide bonds.